The number of esters is 4. The third-order valence-electron chi connectivity index (χ3n) is 21.6. The minimum absolute atomic E-state index is 0.107. The third kappa shape index (κ3) is 79.3. The lowest BCUT2D eigenvalue weighted by molar-refractivity contribution is -0.161. The molecule has 19 heteroatoms. The summed E-state index contributed by atoms with van der Waals surface area (Å²) < 4.78 is 69.0. The van der Waals surface area contributed by atoms with Gasteiger partial charge in [0.1, 0.15) is 19.3 Å². The molecule has 0 radical (unpaired) electrons. The van der Waals surface area contributed by atoms with Crippen LogP contribution in [0.2, 0.25) is 0 Å². The molecule has 0 spiro atoms. The zero-order chi connectivity index (χ0) is 79.3. The summed E-state index contributed by atoms with van der Waals surface area (Å²) in [5, 5.41) is 10.7. The van der Waals surface area contributed by atoms with Gasteiger partial charge < -0.3 is 33.8 Å². The molecule has 0 saturated heterocycles. The van der Waals surface area contributed by atoms with E-state index in [2.05, 4.69) is 48.5 Å². The lowest BCUT2D eigenvalue weighted by Crippen LogP contribution is -2.30. The van der Waals surface area contributed by atoms with Crippen LogP contribution in [0.15, 0.2) is 0 Å². The first kappa shape index (κ1) is 106. The van der Waals surface area contributed by atoms with Gasteiger partial charge in [0.15, 0.2) is 12.2 Å². The summed E-state index contributed by atoms with van der Waals surface area (Å²) in [6.45, 7) is 12.0. The van der Waals surface area contributed by atoms with E-state index in [0.29, 0.717) is 31.6 Å². The van der Waals surface area contributed by atoms with Gasteiger partial charge in [-0.1, -0.05) is 421 Å². The molecule has 0 aromatic carbocycles. The standard InChI is InChI=1S/C89H174O17P2/c1-8-11-12-13-14-15-16-17-18-19-20-21-22-23-24-25-33-38-43-50-58-65-72-88(93)105-84(76-99-86(91)70-63-56-49-42-37-32-28-26-30-35-40-47-54-61-68-81(6)9-2)78-103-107(95,96)101-74-83(90)75-102-108(97,98)104-79-85(77-100-87(92)71-64-57-52-45-46-53-60-67-80(4)5)106-89(94)73-66-59-51-44-39-34-29-27-31-36-41-48-55-62-69-82(7)10-3/h80-85,90H,8-79H2,1-7H3,(H,95,96)(H,97,98)/t81?,82?,83-,84-,85-/m1/s1. The van der Waals surface area contributed by atoms with Crippen LogP contribution in [0.25, 0.3) is 0 Å². The van der Waals surface area contributed by atoms with Crippen molar-refractivity contribution in [1.82, 2.24) is 0 Å². The minimum atomic E-state index is -4.97. The highest BCUT2D eigenvalue weighted by Gasteiger charge is 2.31. The van der Waals surface area contributed by atoms with Crippen molar-refractivity contribution in [2.24, 2.45) is 17.8 Å². The van der Waals surface area contributed by atoms with Gasteiger partial charge in [-0.15, -0.1) is 0 Å². The average Bonchev–Trinajstić information content (AvgIpc) is 0.900. The van der Waals surface area contributed by atoms with E-state index in [-0.39, 0.29) is 25.7 Å². The van der Waals surface area contributed by atoms with E-state index in [1.165, 1.54) is 276 Å². The van der Waals surface area contributed by atoms with E-state index in [1.807, 2.05) is 0 Å². The van der Waals surface area contributed by atoms with Crippen molar-refractivity contribution in [3.8, 4) is 0 Å². The number of ether oxygens (including phenoxy) is 4. The molecule has 7 atom stereocenters. The number of unbranched alkanes of at least 4 members (excludes halogenated alkanes) is 53. The van der Waals surface area contributed by atoms with Gasteiger partial charge >= 0.3 is 39.5 Å². The summed E-state index contributed by atoms with van der Waals surface area (Å²) in [6.07, 6.45) is 70.9. The molecule has 0 aromatic heterocycles. The minimum Gasteiger partial charge on any atom is -0.462 e. The molecule has 0 heterocycles. The highest BCUT2D eigenvalue weighted by Crippen LogP contribution is 2.45. The Hall–Kier alpha value is -1.94. The number of carbonyl (C=O) groups excluding carboxylic acids is 4. The molecule has 0 rings (SSSR count). The Bertz CT molecular complexity index is 2080. The molecule has 3 N–H and O–H groups in total. The molecular weight excluding hydrogens is 1400 g/mol. The quantitative estimate of drug-likeness (QED) is 0.0222. The van der Waals surface area contributed by atoms with E-state index in [9.17, 15) is 43.2 Å². The molecular formula is C89H174O17P2. The summed E-state index contributed by atoms with van der Waals surface area (Å²) in [5.41, 5.74) is 0. The van der Waals surface area contributed by atoms with Gasteiger partial charge in [0.2, 0.25) is 0 Å². The Morgan fingerprint density at radius 3 is 0.704 bits per heavy atom. The molecule has 0 bridgehead atoms. The van der Waals surface area contributed by atoms with Crippen molar-refractivity contribution in [3.63, 3.8) is 0 Å². The molecule has 0 fully saturated rings. The Morgan fingerprint density at radius 1 is 0.269 bits per heavy atom. The molecule has 0 aliphatic heterocycles. The molecule has 0 amide bonds. The highest BCUT2D eigenvalue weighted by atomic mass is 31.2. The van der Waals surface area contributed by atoms with Crippen LogP contribution in [0.4, 0.5) is 0 Å². The Kier molecular flexibility index (Phi) is 77.5. The first-order valence-corrected chi connectivity index (χ1v) is 48.9. The number of aliphatic hydroxyl groups excluding tert-OH is 1. The number of hydrogen-bond acceptors (Lipinski definition) is 15. The van der Waals surface area contributed by atoms with Crippen molar-refractivity contribution in [3.05, 3.63) is 0 Å². The SMILES string of the molecule is CCCCCCCCCCCCCCCCCCCCCCCCC(=O)O[C@H](COC(=O)CCCCCCCCCCCCCCCCC(C)CC)COP(=O)(O)OC[C@@H](O)COP(=O)(O)OC[C@@H](COC(=O)CCCCCCCCCC(C)C)OC(=O)CCCCCCCCCCCCCCCCC(C)CC. The van der Waals surface area contributed by atoms with Crippen LogP contribution in [0.1, 0.15) is 472 Å². The van der Waals surface area contributed by atoms with E-state index in [0.717, 1.165) is 108 Å². The maximum atomic E-state index is 13.2. The van der Waals surface area contributed by atoms with Gasteiger partial charge in [0.05, 0.1) is 26.4 Å². The van der Waals surface area contributed by atoms with Crippen LogP contribution in [-0.2, 0) is 65.4 Å². The maximum absolute atomic E-state index is 13.2. The second kappa shape index (κ2) is 78.9. The van der Waals surface area contributed by atoms with E-state index in [4.69, 9.17) is 37.0 Å². The number of carbonyl (C=O) groups is 4. The van der Waals surface area contributed by atoms with Crippen LogP contribution in [0.3, 0.4) is 0 Å². The van der Waals surface area contributed by atoms with Crippen LogP contribution >= 0.6 is 15.6 Å². The topological polar surface area (TPSA) is 237 Å². The average molecular weight is 1580 g/mol. The number of aliphatic hydroxyl groups is 1. The summed E-state index contributed by atoms with van der Waals surface area (Å²) in [4.78, 5) is 73.3. The second-order valence-electron chi connectivity index (χ2n) is 32.9. The van der Waals surface area contributed by atoms with Crippen LogP contribution in [0.5, 0.6) is 0 Å². The van der Waals surface area contributed by atoms with Crippen LogP contribution < -0.4 is 0 Å². The second-order valence-corrected chi connectivity index (χ2v) is 35.9. The molecule has 0 saturated carbocycles. The Morgan fingerprint density at radius 2 is 0.472 bits per heavy atom. The monoisotopic (exact) mass is 1580 g/mol. The maximum Gasteiger partial charge on any atom is 0.472 e. The Labute approximate surface area is 664 Å². The van der Waals surface area contributed by atoms with Crippen LogP contribution in [-0.4, -0.2) is 96.7 Å². The highest BCUT2D eigenvalue weighted by molar-refractivity contribution is 7.47. The third-order valence-corrected chi connectivity index (χ3v) is 23.5. The first-order valence-electron chi connectivity index (χ1n) is 45.9. The fourth-order valence-corrected chi connectivity index (χ4v) is 15.4. The van der Waals surface area contributed by atoms with Crippen molar-refractivity contribution in [1.29, 1.82) is 0 Å². The fourth-order valence-electron chi connectivity index (χ4n) is 13.8. The fraction of sp³-hybridized carbons (Fsp3) is 0.955. The smallest absolute Gasteiger partial charge is 0.462 e. The zero-order valence-electron chi connectivity index (χ0n) is 71.3. The summed E-state index contributed by atoms with van der Waals surface area (Å²) in [5.74, 6) is 0.298. The predicted octanol–water partition coefficient (Wildman–Crippen LogP) is 27.3. The Balaban J connectivity index is 5.23. The lowest BCUT2D eigenvalue weighted by atomic mass is 9.99. The predicted molar refractivity (Wildman–Crippen MR) is 446 cm³/mol. The molecule has 0 aliphatic carbocycles. The molecule has 17 nitrogen and oxygen atoms in total. The first-order chi connectivity index (χ1) is 52.3. The summed E-state index contributed by atoms with van der Waals surface area (Å²) in [7, 11) is -9.93. The van der Waals surface area contributed by atoms with E-state index in [1.54, 1.807) is 0 Å². The molecule has 642 valence electrons. The van der Waals surface area contributed by atoms with Crippen molar-refractivity contribution >= 4 is 39.5 Å². The van der Waals surface area contributed by atoms with Gasteiger partial charge in [0, 0.05) is 25.7 Å². The molecule has 108 heavy (non-hydrogen) atoms. The molecule has 0 aromatic rings. The largest absolute Gasteiger partial charge is 0.472 e. The van der Waals surface area contributed by atoms with Crippen molar-refractivity contribution < 1.29 is 80.2 Å². The molecule has 4 unspecified atom stereocenters. The number of rotatable bonds is 87. The normalized spacial score (nSPS) is 14.3. The number of phosphoric ester groups is 2. The van der Waals surface area contributed by atoms with E-state index >= 15 is 0 Å². The summed E-state index contributed by atoms with van der Waals surface area (Å²) in [6, 6.07) is 0. The van der Waals surface area contributed by atoms with Gasteiger partial charge in [-0.25, -0.2) is 9.13 Å². The number of hydrogen-bond donors (Lipinski definition) is 3. The van der Waals surface area contributed by atoms with Crippen molar-refractivity contribution in [2.45, 2.75) is 491 Å². The van der Waals surface area contributed by atoms with Crippen LogP contribution in [0, 0.1) is 17.8 Å². The van der Waals surface area contributed by atoms with Gasteiger partial charge in [0.25, 0.3) is 0 Å². The lowest BCUT2D eigenvalue weighted by Gasteiger charge is -2.21. The van der Waals surface area contributed by atoms with Gasteiger partial charge in [-0.2, -0.15) is 0 Å². The van der Waals surface area contributed by atoms with E-state index < -0.39 is 97.5 Å². The zero-order valence-corrected chi connectivity index (χ0v) is 73.1. The van der Waals surface area contributed by atoms with Gasteiger partial charge in [-0.05, 0) is 43.4 Å². The molecule has 0 aliphatic rings. The van der Waals surface area contributed by atoms with Gasteiger partial charge in [-0.3, -0.25) is 37.3 Å². The number of phosphoric acid groups is 2. The summed E-state index contributed by atoms with van der Waals surface area (Å²) >= 11 is 0. The van der Waals surface area contributed by atoms with Crippen molar-refractivity contribution in [2.75, 3.05) is 39.6 Å².